The number of rotatable bonds is 6. The van der Waals surface area contributed by atoms with Gasteiger partial charge in [-0.15, -0.1) is 0 Å². The van der Waals surface area contributed by atoms with Gasteiger partial charge in [0.05, 0.1) is 12.2 Å². The predicted molar refractivity (Wildman–Crippen MR) is 63.8 cm³/mol. The molecule has 0 saturated heterocycles. The smallest absolute Gasteiger partial charge is 0.326 e. The maximum atomic E-state index is 12.4. The van der Waals surface area contributed by atoms with E-state index >= 15 is 0 Å². The minimum atomic E-state index is -4.19. The molecule has 0 unspecified atom stereocenters. The van der Waals surface area contributed by atoms with Crippen molar-refractivity contribution in [2.24, 2.45) is 5.73 Å². The van der Waals surface area contributed by atoms with Crippen LogP contribution in [0, 0.1) is 0 Å². The Morgan fingerprint density at radius 3 is 2.67 bits per heavy atom. The zero-order valence-electron chi connectivity index (χ0n) is 10.4. The van der Waals surface area contributed by atoms with Crippen LogP contribution >= 0.6 is 0 Å². The van der Waals surface area contributed by atoms with E-state index in [4.69, 9.17) is 5.73 Å². The molecule has 1 aromatic rings. The number of alkyl halides is 3. The summed E-state index contributed by atoms with van der Waals surface area (Å²) in [5.74, 6) is 0. The standard InChI is InChI=1S/C12H18F3N3/c1-2-6-18(9-12(13,14)15)8-11-10(7-16)4-3-5-17-11/h3-5H,2,6-9,16H2,1H3. The number of pyridine rings is 1. The van der Waals surface area contributed by atoms with Gasteiger partial charge >= 0.3 is 6.18 Å². The second-order valence-electron chi connectivity index (χ2n) is 4.14. The molecule has 0 aliphatic carbocycles. The number of hydrogen-bond donors (Lipinski definition) is 1. The van der Waals surface area contributed by atoms with Crippen molar-refractivity contribution >= 4 is 0 Å². The van der Waals surface area contributed by atoms with Crippen LogP contribution in [0.25, 0.3) is 0 Å². The molecule has 0 aliphatic heterocycles. The van der Waals surface area contributed by atoms with Crippen molar-refractivity contribution in [2.45, 2.75) is 32.6 Å². The molecule has 0 atom stereocenters. The fraction of sp³-hybridized carbons (Fsp3) is 0.583. The highest BCUT2D eigenvalue weighted by molar-refractivity contribution is 5.19. The molecule has 18 heavy (non-hydrogen) atoms. The third-order valence-corrected chi connectivity index (χ3v) is 2.52. The van der Waals surface area contributed by atoms with Crippen LogP contribution in [0.4, 0.5) is 13.2 Å². The highest BCUT2D eigenvalue weighted by Gasteiger charge is 2.30. The summed E-state index contributed by atoms with van der Waals surface area (Å²) in [6.07, 6.45) is -1.94. The quantitative estimate of drug-likeness (QED) is 0.854. The Balaban J connectivity index is 2.76. The zero-order chi connectivity index (χ0) is 13.6. The summed E-state index contributed by atoms with van der Waals surface area (Å²) in [7, 11) is 0. The van der Waals surface area contributed by atoms with Gasteiger partial charge in [-0.25, -0.2) is 0 Å². The van der Waals surface area contributed by atoms with Crippen LogP contribution in [0.2, 0.25) is 0 Å². The fourth-order valence-corrected chi connectivity index (χ4v) is 1.80. The summed E-state index contributed by atoms with van der Waals surface area (Å²) in [5.41, 5.74) is 6.96. The van der Waals surface area contributed by atoms with Gasteiger partial charge in [-0.2, -0.15) is 13.2 Å². The molecule has 1 heterocycles. The molecule has 102 valence electrons. The molecule has 6 heteroatoms. The minimum Gasteiger partial charge on any atom is -0.326 e. The van der Waals surface area contributed by atoms with Crippen LogP contribution in [0.15, 0.2) is 18.3 Å². The molecule has 3 nitrogen and oxygen atoms in total. The molecule has 0 bridgehead atoms. The summed E-state index contributed by atoms with van der Waals surface area (Å²) in [6.45, 7) is 1.79. The van der Waals surface area contributed by atoms with Crippen LogP contribution in [0.3, 0.4) is 0 Å². The number of nitrogens with zero attached hydrogens (tertiary/aromatic N) is 2. The van der Waals surface area contributed by atoms with Crippen LogP contribution < -0.4 is 5.73 Å². The molecular formula is C12H18F3N3. The van der Waals surface area contributed by atoms with E-state index in [2.05, 4.69) is 4.98 Å². The van der Waals surface area contributed by atoms with E-state index in [1.807, 2.05) is 6.92 Å². The summed E-state index contributed by atoms with van der Waals surface area (Å²) in [5, 5.41) is 0. The molecule has 1 rings (SSSR count). The highest BCUT2D eigenvalue weighted by Crippen LogP contribution is 2.18. The summed E-state index contributed by atoms with van der Waals surface area (Å²) < 4.78 is 37.3. The van der Waals surface area contributed by atoms with E-state index in [1.165, 1.54) is 4.90 Å². The second kappa shape index (κ2) is 6.70. The SMILES string of the molecule is CCCN(Cc1ncccc1CN)CC(F)(F)F. The lowest BCUT2D eigenvalue weighted by Gasteiger charge is -2.23. The van der Waals surface area contributed by atoms with E-state index in [-0.39, 0.29) is 13.1 Å². The molecule has 0 saturated carbocycles. The monoisotopic (exact) mass is 261 g/mol. The number of aromatic nitrogens is 1. The largest absolute Gasteiger partial charge is 0.401 e. The third kappa shape index (κ3) is 5.01. The number of halogens is 3. The van der Waals surface area contributed by atoms with E-state index in [0.717, 1.165) is 5.56 Å². The Bertz CT molecular complexity index is 366. The Hall–Kier alpha value is -1.14. The molecule has 1 aromatic heterocycles. The van der Waals surface area contributed by atoms with Crippen molar-refractivity contribution in [1.29, 1.82) is 0 Å². The molecule has 0 aromatic carbocycles. The first kappa shape index (κ1) is 14.9. The molecule has 0 amide bonds. The Labute approximate surface area is 105 Å². The summed E-state index contributed by atoms with van der Waals surface area (Å²) in [4.78, 5) is 5.46. The van der Waals surface area contributed by atoms with E-state index in [0.29, 0.717) is 18.7 Å². The molecule has 0 spiro atoms. The van der Waals surface area contributed by atoms with Crippen LogP contribution in [-0.4, -0.2) is 29.1 Å². The van der Waals surface area contributed by atoms with Crippen molar-refractivity contribution in [2.75, 3.05) is 13.1 Å². The Morgan fingerprint density at radius 1 is 1.39 bits per heavy atom. The van der Waals surface area contributed by atoms with Gasteiger partial charge in [0.25, 0.3) is 0 Å². The van der Waals surface area contributed by atoms with Gasteiger partial charge in [-0.1, -0.05) is 13.0 Å². The van der Waals surface area contributed by atoms with E-state index in [9.17, 15) is 13.2 Å². The highest BCUT2D eigenvalue weighted by atomic mass is 19.4. The van der Waals surface area contributed by atoms with Crippen molar-refractivity contribution in [1.82, 2.24) is 9.88 Å². The first-order valence-electron chi connectivity index (χ1n) is 5.88. The van der Waals surface area contributed by atoms with Gasteiger partial charge < -0.3 is 5.73 Å². The van der Waals surface area contributed by atoms with Crippen molar-refractivity contribution < 1.29 is 13.2 Å². The van der Waals surface area contributed by atoms with E-state index < -0.39 is 12.7 Å². The fourth-order valence-electron chi connectivity index (χ4n) is 1.80. The van der Waals surface area contributed by atoms with Gasteiger partial charge in [0.2, 0.25) is 0 Å². The van der Waals surface area contributed by atoms with Crippen LogP contribution in [0.1, 0.15) is 24.6 Å². The van der Waals surface area contributed by atoms with Gasteiger partial charge in [-0.3, -0.25) is 9.88 Å². The normalized spacial score (nSPS) is 12.1. The zero-order valence-corrected chi connectivity index (χ0v) is 10.4. The molecule has 2 N–H and O–H groups in total. The Morgan fingerprint density at radius 2 is 2.11 bits per heavy atom. The van der Waals surface area contributed by atoms with Gasteiger partial charge in [0, 0.05) is 19.3 Å². The van der Waals surface area contributed by atoms with Crippen molar-refractivity contribution in [3.8, 4) is 0 Å². The number of hydrogen-bond acceptors (Lipinski definition) is 3. The van der Waals surface area contributed by atoms with Crippen LogP contribution in [-0.2, 0) is 13.1 Å². The molecular weight excluding hydrogens is 243 g/mol. The predicted octanol–water partition coefficient (Wildman–Crippen LogP) is 2.31. The van der Waals surface area contributed by atoms with Crippen molar-refractivity contribution in [3.05, 3.63) is 29.6 Å². The third-order valence-electron chi connectivity index (χ3n) is 2.52. The molecule has 0 aliphatic rings. The molecule has 0 fully saturated rings. The lowest BCUT2D eigenvalue weighted by molar-refractivity contribution is -0.147. The van der Waals surface area contributed by atoms with Gasteiger partial charge in [0.1, 0.15) is 0 Å². The summed E-state index contributed by atoms with van der Waals surface area (Å²) >= 11 is 0. The lowest BCUT2D eigenvalue weighted by atomic mass is 10.2. The summed E-state index contributed by atoms with van der Waals surface area (Å²) in [6, 6.07) is 3.53. The maximum Gasteiger partial charge on any atom is 0.401 e. The van der Waals surface area contributed by atoms with E-state index in [1.54, 1.807) is 18.3 Å². The topological polar surface area (TPSA) is 42.2 Å². The first-order chi connectivity index (χ1) is 8.46. The second-order valence-corrected chi connectivity index (χ2v) is 4.14. The minimum absolute atomic E-state index is 0.181. The van der Waals surface area contributed by atoms with Gasteiger partial charge in [-0.05, 0) is 24.6 Å². The van der Waals surface area contributed by atoms with Gasteiger partial charge in [0.15, 0.2) is 0 Å². The average molecular weight is 261 g/mol. The number of nitrogens with two attached hydrogens (primary N) is 1. The maximum absolute atomic E-state index is 12.4. The first-order valence-corrected chi connectivity index (χ1v) is 5.88. The Kier molecular flexibility index (Phi) is 5.55. The molecule has 0 radical (unpaired) electrons. The van der Waals surface area contributed by atoms with Crippen LogP contribution in [0.5, 0.6) is 0 Å². The lowest BCUT2D eigenvalue weighted by Crippen LogP contribution is -2.35. The average Bonchev–Trinajstić information content (AvgIpc) is 2.28. The van der Waals surface area contributed by atoms with Crippen molar-refractivity contribution in [3.63, 3.8) is 0 Å².